The molecule has 2 N–H and O–H groups in total. The highest BCUT2D eigenvalue weighted by molar-refractivity contribution is 5.74. The van der Waals surface area contributed by atoms with Crippen molar-refractivity contribution >= 4 is 11.1 Å². The van der Waals surface area contributed by atoms with Gasteiger partial charge in [0, 0.05) is 12.6 Å². The molecule has 1 saturated carbocycles. The zero-order valence-electron chi connectivity index (χ0n) is 10.8. The molecule has 1 saturated heterocycles. The molecule has 0 unspecified atom stereocenters. The molecule has 19 heavy (non-hydrogen) atoms. The lowest BCUT2D eigenvalue weighted by Crippen LogP contribution is -2.60. The van der Waals surface area contributed by atoms with Crippen LogP contribution in [-0.4, -0.2) is 23.3 Å². The summed E-state index contributed by atoms with van der Waals surface area (Å²) >= 11 is 0. The number of rotatable bonds is 2. The van der Waals surface area contributed by atoms with Gasteiger partial charge in [-0.3, -0.25) is 4.57 Å². The molecule has 5 heteroatoms. The summed E-state index contributed by atoms with van der Waals surface area (Å²) in [4.78, 5) is 11.5. The minimum Gasteiger partial charge on any atom is -0.408 e. The van der Waals surface area contributed by atoms with E-state index in [1.807, 2.05) is 18.2 Å². The van der Waals surface area contributed by atoms with Crippen molar-refractivity contribution in [3.63, 3.8) is 0 Å². The van der Waals surface area contributed by atoms with Crippen LogP contribution >= 0.6 is 0 Å². The Morgan fingerprint density at radius 3 is 2.63 bits per heavy atom. The Morgan fingerprint density at radius 1 is 1.32 bits per heavy atom. The summed E-state index contributed by atoms with van der Waals surface area (Å²) in [5.41, 5.74) is 8.74. The van der Waals surface area contributed by atoms with Gasteiger partial charge in [-0.05, 0) is 30.5 Å². The maximum Gasteiger partial charge on any atom is 0.419 e. The SMILES string of the molecule is Cn1c(=O)oc2cc(C3(C4(N)CC4)COC3)ccc21. The van der Waals surface area contributed by atoms with Crippen molar-refractivity contribution in [2.24, 2.45) is 12.8 Å². The molecule has 0 bridgehead atoms. The van der Waals surface area contributed by atoms with E-state index in [0.29, 0.717) is 18.8 Å². The van der Waals surface area contributed by atoms with Crippen molar-refractivity contribution in [3.8, 4) is 0 Å². The van der Waals surface area contributed by atoms with Crippen molar-refractivity contribution in [2.75, 3.05) is 13.2 Å². The van der Waals surface area contributed by atoms with Gasteiger partial charge in [-0.1, -0.05) is 6.07 Å². The molecule has 0 atom stereocenters. The van der Waals surface area contributed by atoms with Crippen molar-refractivity contribution in [2.45, 2.75) is 23.8 Å². The Bertz CT molecular complexity index is 720. The number of nitrogens with zero attached hydrogens (tertiary/aromatic N) is 1. The fraction of sp³-hybridized carbons (Fsp3) is 0.500. The fourth-order valence-electron chi connectivity index (χ4n) is 3.09. The Kier molecular flexibility index (Phi) is 1.95. The van der Waals surface area contributed by atoms with E-state index in [4.69, 9.17) is 14.9 Å². The predicted molar refractivity (Wildman–Crippen MR) is 70.1 cm³/mol. The highest BCUT2D eigenvalue weighted by Crippen LogP contribution is 2.53. The number of benzene rings is 1. The van der Waals surface area contributed by atoms with Gasteiger partial charge in [0.05, 0.1) is 24.1 Å². The first-order valence-corrected chi connectivity index (χ1v) is 6.53. The van der Waals surface area contributed by atoms with E-state index in [-0.39, 0.29) is 16.7 Å². The quantitative estimate of drug-likeness (QED) is 0.870. The van der Waals surface area contributed by atoms with Crippen LogP contribution in [0, 0.1) is 0 Å². The van der Waals surface area contributed by atoms with Crippen molar-refractivity contribution in [3.05, 3.63) is 34.3 Å². The minimum absolute atomic E-state index is 0.102. The monoisotopic (exact) mass is 260 g/mol. The number of hydrogen-bond acceptors (Lipinski definition) is 4. The first-order valence-electron chi connectivity index (χ1n) is 6.53. The molecule has 2 aromatic rings. The van der Waals surface area contributed by atoms with Crippen molar-refractivity contribution in [1.29, 1.82) is 0 Å². The van der Waals surface area contributed by atoms with E-state index < -0.39 is 0 Å². The Morgan fingerprint density at radius 2 is 2.05 bits per heavy atom. The third kappa shape index (κ3) is 1.29. The van der Waals surface area contributed by atoms with Crippen LogP contribution in [0.5, 0.6) is 0 Å². The average Bonchev–Trinajstić information content (AvgIpc) is 2.99. The summed E-state index contributed by atoms with van der Waals surface area (Å²) < 4.78 is 12.2. The summed E-state index contributed by atoms with van der Waals surface area (Å²) in [6.45, 7) is 1.32. The fourth-order valence-corrected chi connectivity index (χ4v) is 3.09. The molecule has 0 amide bonds. The van der Waals surface area contributed by atoms with E-state index in [0.717, 1.165) is 23.9 Å². The summed E-state index contributed by atoms with van der Waals surface area (Å²) in [7, 11) is 1.71. The third-order valence-electron chi connectivity index (χ3n) is 4.78. The third-order valence-corrected chi connectivity index (χ3v) is 4.78. The second-order valence-corrected chi connectivity index (χ2v) is 5.84. The van der Waals surface area contributed by atoms with Gasteiger partial charge in [0.25, 0.3) is 0 Å². The van der Waals surface area contributed by atoms with Crippen LogP contribution in [0.3, 0.4) is 0 Å². The van der Waals surface area contributed by atoms with Gasteiger partial charge in [-0.15, -0.1) is 0 Å². The van der Waals surface area contributed by atoms with E-state index in [2.05, 4.69) is 0 Å². The molecule has 2 aliphatic rings. The zero-order valence-corrected chi connectivity index (χ0v) is 10.8. The van der Waals surface area contributed by atoms with Gasteiger partial charge in [-0.2, -0.15) is 0 Å². The topological polar surface area (TPSA) is 70.4 Å². The molecule has 0 radical (unpaired) electrons. The number of oxazole rings is 1. The van der Waals surface area contributed by atoms with Gasteiger partial charge in [0.15, 0.2) is 5.58 Å². The number of aryl methyl sites for hydroxylation is 1. The molecule has 4 rings (SSSR count). The molecule has 1 aliphatic heterocycles. The van der Waals surface area contributed by atoms with E-state index >= 15 is 0 Å². The van der Waals surface area contributed by atoms with Crippen LogP contribution in [0.25, 0.3) is 11.1 Å². The maximum atomic E-state index is 11.5. The number of aromatic nitrogens is 1. The van der Waals surface area contributed by atoms with Crippen molar-refractivity contribution in [1.82, 2.24) is 4.57 Å². The van der Waals surface area contributed by atoms with Crippen LogP contribution in [0.1, 0.15) is 18.4 Å². The molecular formula is C14H16N2O3. The smallest absolute Gasteiger partial charge is 0.408 e. The first kappa shape index (κ1) is 11.3. The van der Waals surface area contributed by atoms with Gasteiger partial charge in [0.2, 0.25) is 0 Å². The van der Waals surface area contributed by atoms with E-state index in [1.54, 1.807) is 7.05 Å². The number of hydrogen-bond donors (Lipinski definition) is 1. The van der Waals surface area contributed by atoms with Gasteiger partial charge < -0.3 is 14.9 Å². The lowest BCUT2D eigenvalue weighted by atomic mass is 9.70. The molecule has 1 aromatic heterocycles. The van der Waals surface area contributed by atoms with E-state index in [1.165, 1.54) is 4.57 Å². The van der Waals surface area contributed by atoms with Crippen LogP contribution < -0.4 is 11.5 Å². The molecule has 2 heterocycles. The van der Waals surface area contributed by atoms with E-state index in [9.17, 15) is 4.79 Å². The Balaban J connectivity index is 1.89. The Hall–Kier alpha value is -1.59. The van der Waals surface area contributed by atoms with Crippen LogP contribution in [0.2, 0.25) is 0 Å². The van der Waals surface area contributed by atoms with Crippen LogP contribution in [0.4, 0.5) is 0 Å². The number of nitrogens with two attached hydrogens (primary N) is 1. The average molecular weight is 260 g/mol. The first-order chi connectivity index (χ1) is 9.06. The normalized spacial score (nSPS) is 23.3. The largest absolute Gasteiger partial charge is 0.419 e. The molecule has 2 fully saturated rings. The molecular weight excluding hydrogens is 244 g/mol. The maximum absolute atomic E-state index is 11.5. The lowest BCUT2D eigenvalue weighted by Gasteiger charge is -2.46. The number of ether oxygens (including phenoxy) is 1. The highest BCUT2D eigenvalue weighted by atomic mass is 16.5. The molecule has 1 aromatic carbocycles. The predicted octanol–water partition coefficient (Wildman–Crippen LogP) is 0.891. The summed E-state index contributed by atoms with van der Waals surface area (Å²) in [5.74, 6) is -0.333. The molecule has 1 aliphatic carbocycles. The van der Waals surface area contributed by atoms with Crippen molar-refractivity contribution < 1.29 is 9.15 Å². The standard InChI is InChI=1S/C14H16N2O3/c1-16-10-3-2-9(6-11(10)19-12(16)17)13(7-18-8-13)14(15)4-5-14/h2-3,6H,4-5,7-8,15H2,1H3. The summed E-state index contributed by atoms with van der Waals surface area (Å²) in [6, 6.07) is 5.93. The number of fused-ring (bicyclic) bond motifs is 1. The van der Waals surface area contributed by atoms with Gasteiger partial charge in [0.1, 0.15) is 0 Å². The Labute approximate surface area is 109 Å². The van der Waals surface area contributed by atoms with Gasteiger partial charge in [-0.25, -0.2) is 4.79 Å². The zero-order chi connectivity index (χ0) is 13.3. The second-order valence-electron chi connectivity index (χ2n) is 5.84. The molecule has 0 spiro atoms. The molecule has 5 nitrogen and oxygen atoms in total. The van der Waals surface area contributed by atoms with Gasteiger partial charge >= 0.3 is 5.76 Å². The summed E-state index contributed by atoms with van der Waals surface area (Å²) in [6.07, 6.45) is 2.07. The summed E-state index contributed by atoms with van der Waals surface area (Å²) in [5, 5.41) is 0. The van der Waals surface area contributed by atoms with Crippen LogP contribution in [-0.2, 0) is 17.2 Å². The second kappa shape index (κ2) is 3.29. The highest BCUT2D eigenvalue weighted by Gasteiger charge is 2.61. The molecule has 100 valence electrons. The van der Waals surface area contributed by atoms with Crippen LogP contribution in [0.15, 0.2) is 27.4 Å². The minimum atomic E-state index is -0.333. The lowest BCUT2D eigenvalue weighted by molar-refractivity contribution is -0.0785.